The molecule has 2 amide bonds. The number of carbonyl (C=O) groups excluding carboxylic acids is 2. The van der Waals surface area contributed by atoms with Crippen molar-refractivity contribution in [3.05, 3.63) is 64.6 Å². The number of nitrogens with one attached hydrogen (secondary N) is 2. The van der Waals surface area contributed by atoms with E-state index in [1.165, 1.54) is 24.1 Å². The van der Waals surface area contributed by atoms with E-state index < -0.39 is 35.3 Å². The minimum Gasteiger partial charge on any atom is -0.495 e. The van der Waals surface area contributed by atoms with Crippen molar-refractivity contribution in [2.75, 3.05) is 46.2 Å². The highest BCUT2D eigenvalue weighted by atomic mass is 19.4. The maximum atomic E-state index is 15.3. The molecule has 4 heterocycles. The van der Waals surface area contributed by atoms with Gasteiger partial charge >= 0.3 is 6.18 Å². The number of likely N-dealkylation sites (N-methyl/N-ethyl adjacent to an activating group) is 1. The fourth-order valence-corrected chi connectivity index (χ4v) is 6.00. The molecule has 2 atom stereocenters. The van der Waals surface area contributed by atoms with Gasteiger partial charge in [0.2, 0.25) is 11.8 Å². The van der Waals surface area contributed by atoms with Crippen LogP contribution in [0.4, 0.5) is 29.2 Å². The van der Waals surface area contributed by atoms with Gasteiger partial charge in [0, 0.05) is 45.4 Å². The standard InChI is InChI=1S/C30H30F4N6O5/c1-39-8-7-29(15-39)11-17(14-44-29)36-25(41)18-9-23(43-3)21(10-20(18)31)37-28-35-12-19(30(32,33)34)26(38-28)45-22-6-4-5-16-13-40(2)27(42)24(16)22/h4-6,9-10,12,17H,7-8,11,13-15H2,1-3H3,(H,36,41)(H,35,37,38). The van der Waals surface area contributed by atoms with Gasteiger partial charge in [0.25, 0.3) is 11.8 Å². The number of halogens is 4. The number of carbonyl (C=O) groups is 2. The second-order valence-corrected chi connectivity index (χ2v) is 11.5. The summed E-state index contributed by atoms with van der Waals surface area (Å²) in [4.78, 5) is 36.9. The third-order valence-corrected chi connectivity index (χ3v) is 8.18. The van der Waals surface area contributed by atoms with Gasteiger partial charge in [-0.25, -0.2) is 9.37 Å². The molecule has 6 rings (SSSR count). The summed E-state index contributed by atoms with van der Waals surface area (Å²) in [6.45, 7) is 2.23. The first-order valence-corrected chi connectivity index (χ1v) is 14.1. The molecule has 2 unspecified atom stereocenters. The number of likely N-dealkylation sites (tertiary alicyclic amines) is 1. The normalized spacial score (nSPS) is 21.4. The lowest BCUT2D eigenvalue weighted by Gasteiger charge is -2.22. The van der Waals surface area contributed by atoms with Crippen molar-refractivity contribution in [1.29, 1.82) is 0 Å². The molecular weight excluding hydrogens is 600 g/mol. The minimum atomic E-state index is -4.89. The van der Waals surface area contributed by atoms with Crippen LogP contribution >= 0.6 is 0 Å². The number of amides is 2. The lowest BCUT2D eigenvalue weighted by Crippen LogP contribution is -2.38. The first kappa shape index (κ1) is 30.5. The summed E-state index contributed by atoms with van der Waals surface area (Å²) in [5.74, 6) is -3.30. The van der Waals surface area contributed by atoms with Crippen molar-refractivity contribution < 1.29 is 41.4 Å². The second-order valence-electron chi connectivity index (χ2n) is 11.5. The van der Waals surface area contributed by atoms with E-state index in [-0.39, 0.29) is 52.4 Å². The molecule has 1 spiro atoms. The summed E-state index contributed by atoms with van der Waals surface area (Å²) in [5, 5.41) is 5.47. The number of benzene rings is 2. The fourth-order valence-electron chi connectivity index (χ4n) is 6.00. The van der Waals surface area contributed by atoms with Gasteiger partial charge < -0.3 is 34.6 Å². The monoisotopic (exact) mass is 630 g/mol. The molecule has 45 heavy (non-hydrogen) atoms. The lowest BCUT2D eigenvalue weighted by atomic mass is 9.97. The number of aromatic nitrogens is 2. The number of rotatable bonds is 7. The van der Waals surface area contributed by atoms with E-state index in [1.54, 1.807) is 19.2 Å². The van der Waals surface area contributed by atoms with Crippen molar-refractivity contribution >= 4 is 23.5 Å². The minimum absolute atomic E-state index is 0.0126. The highest BCUT2D eigenvalue weighted by molar-refractivity contribution is 6.01. The number of ether oxygens (including phenoxy) is 3. The molecule has 2 fully saturated rings. The average molecular weight is 631 g/mol. The summed E-state index contributed by atoms with van der Waals surface area (Å²) in [6, 6.07) is 6.46. The Morgan fingerprint density at radius 2 is 2.00 bits per heavy atom. The molecule has 11 nitrogen and oxygen atoms in total. The smallest absolute Gasteiger partial charge is 0.423 e. The van der Waals surface area contributed by atoms with Gasteiger partial charge in [-0.15, -0.1) is 0 Å². The van der Waals surface area contributed by atoms with E-state index >= 15 is 4.39 Å². The third kappa shape index (κ3) is 5.96. The topological polar surface area (TPSA) is 118 Å². The molecule has 238 valence electrons. The predicted octanol–water partition coefficient (Wildman–Crippen LogP) is 4.36. The largest absolute Gasteiger partial charge is 0.495 e. The number of alkyl halides is 3. The average Bonchev–Trinajstić information content (AvgIpc) is 3.64. The lowest BCUT2D eigenvalue weighted by molar-refractivity contribution is -0.139. The van der Waals surface area contributed by atoms with Gasteiger partial charge in [0.05, 0.1) is 42.2 Å². The number of methoxy groups -OCH3 is 1. The Balaban J connectivity index is 1.24. The summed E-state index contributed by atoms with van der Waals surface area (Å²) >= 11 is 0. The van der Waals surface area contributed by atoms with Crippen LogP contribution in [-0.4, -0.2) is 84.1 Å². The summed E-state index contributed by atoms with van der Waals surface area (Å²) in [6.07, 6.45) is -2.91. The molecule has 15 heteroatoms. The van der Waals surface area contributed by atoms with Crippen LogP contribution in [-0.2, 0) is 17.5 Å². The van der Waals surface area contributed by atoms with Gasteiger partial charge in [0.15, 0.2) is 0 Å². The molecule has 0 saturated carbocycles. The van der Waals surface area contributed by atoms with Crippen molar-refractivity contribution in [1.82, 2.24) is 25.1 Å². The van der Waals surface area contributed by atoms with Gasteiger partial charge in [-0.1, -0.05) is 12.1 Å². The Bertz CT molecular complexity index is 1670. The molecule has 3 aromatic rings. The SMILES string of the molecule is COc1cc(C(=O)NC2COC3(CCN(C)C3)C2)c(F)cc1Nc1ncc(C(F)(F)F)c(Oc2cccc3c2C(=O)N(C)C3)n1. The van der Waals surface area contributed by atoms with Gasteiger partial charge in [0.1, 0.15) is 22.9 Å². The van der Waals surface area contributed by atoms with Crippen LogP contribution in [0, 0.1) is 5.82 Å². The Morgan fingerprint density at radius 3 is 2.71 bits per heavy atom. The number of nitrogens with zero attached hydrogens (tertiary/aromatic N) is 4. The zero-order valence-corrected chi connectivity index (χ0v) is 24.6. The Morgan fingerprint density at radius 1 is 1.20 bits per heavy atom. The highest BCUT2D eigenvalue weighted by Crippen LogP contribution is 2.40. The van der Waals surface area contributed by atoms with Crippen molar-refractivity contribution in [2.24, 2.45) is 0 Å². The molecular formula is C30H30F4N6O5. The van der Waals surface area contributed by atoms with E-state index in [9.17, 15) is 22.8 Å². The summed E-state index contributed by atoms with van der Waals surface area (Å²) < 4.78 is 73.9. The Hall–Kier alpha value is -4.50. The van der Waals surface area contributed by atoms with E-state index in [0.717, 1.165) is 25.6 Å². The molecule has 0 radical (unpaired) electrons. The molecule has 0 bridgehead atoms. The molecule has 0 aliphatic carbocycles. The van der Waals surface area contributed by atoms with E-state index in [4.69, 9.17) is 14.2 Å². The van der Waals surface area contributed by atoms with Crippen molar-refractivity contribution in [3.8, 4) is 17.4 Å². The fraction of sp³-hybridized carbons (Fsp3) is 0.400. The highest BCUT2D eigenvalue weighted by Gasteiger charge is 2.45. The van der Waals surface area contributed by atoms with E-state index in [2.05, 4.69) is 25.5 Å². The van der Waals surface area contributed by atoms with Crippen LogP contribution in [0.2, 0.25) is 0 Å². The Labute approximate surface area is 255 Å². The van der Waals surface area contributed by atoms with Crippen LogP contribution in [0.25, 0.3) is 0 Å². The van der Waals surface area contributed by atoms with Gasteiger partial charge in [-0.05, 0) is 31.2 Å². The number of anilines is 2. The maximum Gasteiger partial charge on any atom is 0.423 e. The van der Waals surface area contributed by atoms with Crippen LogP contribution < -0.4 is 20.1 Å². The number of hydrogen-bond donors (Lipinski definition) is 2. The first-order valence-electron chi connectivity index (χ1n) is 14.1. The molecule has 1 aromatic heterocycles. The number of fused-ring (bicyclic) bond motifs is 1. The molecule has 2 N–H and O–H groups in total. The van der Waals surface area contributed by atoms with Gasteiger partial charge in [-0.3, -0.25) is 9.59 Å². The van der Waals surface area contributed by atoms with E-state index in [1.807, 2.05) is 7.05 Å². The van der Waals surface area contributed by atoms with Crippen molar-refractivity contribution in [2.45, 2.75) is 37.2 Å². The van der Waals surface area contributed by atoms with Crippen LogP contribution in [0.3, 0.4) is 0 Å². The predicted molar refractivity (Wildman–Crippen MR) is 152 cm³/mol. The molecule has 3 aliphatic heterocycles. The quantitative estimate of drug-likeness (QED) is 0.368. The van der Waals surface area contributed by atoms with E-state index in [0.29, 0.717) is 24.8 Å². The third-order valence-electron chi connectivity index (χ3n) is 8.18. The number of hydrogen-bond acceptors (Lipinski definition) is 9. The Kier molecular flexibility index (Phi) is 7.77. The zero-order chi connectivity index (χ0) is 32.1. The molecule has 3 aliphatic rings. The molecule has 2 aromatic carbocycles. The maximum absolute atomic E-state index is 15.3. The zero-order valence-electron chi connectivity index (χ0n) is 24.6. The summed E-state index contributed by atoms with van der Waals surface area (Å²) in [5.41, 5.74) is -1.21. The van der Waals surface area contributed by atoms with Gasteiger partial charge in [-0.2, -0.15) is 18.2 Å². The summed E-state index contributed by atoms with van der Waals surface area (Å²) in [7, 11) is 4.85. The first-order chi connectivity index (χ1) is 21.4. The van der Waals surface area contributed by atoms with Crippen LogP contribution in [0.1, 0.15) is 44.7 Å². The second kappa shape index (κ2) is 11.5. The van der Waals surface area contributed by atoms with Crippen molar-refractivity contribution in [3.63, 3.8) is 0 Å². The van der Waals surface area contributed by atoms with Crippen LogP contribution in [0.15, 0.2) is 36.5 Å². The van der Waals surface area contributed by atoms with Crippen LogP contribution in [0.5, 0.6) is 17.4 Å². The molecule has 2 saturated heterocycles.